The van der Waals surface area contributed by atoms with Crippen LogP contribution in [-0.4, -0.2) is 13.2 Å². The van der Waals surface area contributed by atoms with Gasteiger partial charge in [-0.25, -0.2) is 0 Å². The monoisotopic (exact) mass is 379 g/mol. The molecule has 0 radical (unpaired) electrons. The molecule has 0 aliphatic rings. The normalized spacial score (nSPS) is 14.1. The van der Waals surface area contributed by atoms with Crippen molar-refractivity contribution in [1.82, 2.24) is 5.32 Å². The van der Waals surface area contributed by atoms with Crippen LogP contribution in [0, 0.1) is 0 Å². The number of thiophene rings is 1. The van der Waals surface area contributed by atoms with Gasteiger partial charge < -0.3 is 5.32 Å². The molecule has 1 nitrogen and oxygen atoms in total. The maximum absolute atomic E-state index is 12.1. The summed E-state index contributed by atoms with van der Waals surface area (Å²) in [6, 6.07) is 1.56. The van der Waals surface area contributed by atoms with Crippen LogP contribution in [-0.2, 0) is 0 Å². The standard InChI is InChI=1S/C9H10Br2F3NS/c1-15-6(2-3-9(12,13)14)5-4-7(10)16-8(5)11/h4,6,15H,2-3H2,1H3. The van der Waals surface area contributed by atoms with E-state index in [9.17, 15) is 13.2 Å². The van der Waals surface area contributed by atoms with Crippen molar-refractivity contribution in [1.29, 1.82) is 0 Å². The van der Waals surface area contributed by atoms with E-state index in [-0.39, 0.29) is 12.5 Å². The summed E-state index contributed by atoms with van der Waals surface area (Å²) >= 11 is 8.11. The van der Waals surface area contributed by atoms with Gasteiger partial charge in [0.1, 0.15) is 0 Å². The van der Waals surface area contributed by atoms with E-state index in [1.807, 2.05) is 6.07 Å². The third kappa shape index (κ3) is 4.35. The molecule has 0 spiro atoms. The fraction of sp³-hybridized carbons (Fsp3) is 0.556. The van der Waals surface area contributed by atoms with E-state index in [0.29, 0.717) is 0 Å². The maximum Gasteiger partial charge on any atom is 0.389 e. The lowest BCUT2D eigenvalue weighted by molar-refractivity contribution is -0.136. The van der Waals surface area contributed by atoms with Crippen molar-refractivity contribution in [3.8, 4) is 0 Å². The molecule has 1 heterocycles. The maximum atomic E-state index is 12.1. The predicted molar refractivity (Wildman–Crippen MR) is 66.8 cm³/mol. The molecule has 1 aromatic rings. The average molecular weight is 381 g/mol. The minimum atomic E-state index is -4.10. The molecule has 0 saturated carbocycles. The molecule has 92 valence electrons. The predicted octanol–water partition coefficient (Wildman–Crippen LogP) is 4.88. The molecule has 7 heteroatoms. The Kier molecular flexibility index (Phi) is 5.28. The van der Waals surface area contributed by atoms with Crippen LogP contribution in [0.15, 0.2) is 13.6 Å². The molecule has 16 heavy (non-hydrogen) atoms. The number of rotatable bonds is 4. The lowest BCUT2D eigenvalue weighted by Gasteiger charge is -2.16. The highest BCUT2D eigenvalue weighted by Gasteiger charge is 2.29. The van der Waals surface area contributed by atoms with Crippen molar-refractivity contribution in [3.63, 3.8) is 0 Å². The summed E-state index contributed by atoms with van der Waals surface area (Å²) in [5, 5.41) is 2.90. The SMILES string of the molecule is CNC(CCC(F)(F)F)c1cc(Br)sc1Br. The van der Waals surface area contributed by atoms with E-state index in [4.69, 9.17) is 0 Å². The van der Waals surface area contributed by atoms with Gasteiger partial charge in [-0.05, 0) is 57.0 Å². The van der Waals surface area contributed by atoms with E-state index < -0.39 is 12.6 Å². The smallest absolute Gasteiger partial charge is 0.313 e. The number of nitrogens with one attached hydrogen (secondary N) is 1. The second-order valence-electron chi connectivity index (χ2n) is 3.27. The quantitative estimate of drug-likeness (QED) is 0.785. The van der Waals surface area contributed by atoms with Gasteiger partial charge in [0.15, 0.2) is 0 Å². The highest BCUT2D eigenvalue weighted by Crippen LogP contribution is 2.38. The van der Waals surface area contributed by atoms with E-state index >= 15 is 0 Å². The molecule has 0 aliphatic heterocycles. The third-order valence-electron chi connectivity index (χ3n) is 2.12. The number of halogens is 5. The fourth-order valence-electron chi connectivity index (χ4n) is 1.35. The van der Waals surface area contributed by atoms with E-state index in [2.05, 4.69) is 37.2 Å². The van der Waals surface area contributed by atoms with Crippen LogP contribution in [0.5, 0.6) is 0 Å². The van der Waals surface area contributed by atoms with Gasteiger partial charge in [0.05, 0.1) is 7.57 Å². The van der Waals surface area contributed by atoms with Gasteiger partial charge in [0, 0.05) is 12.5 Å². The van der Waals surface area contributed by atoms with E-state index in [1.165, 1.54) is 11.3 Å². The van der Waals surface area contributed by atoms with Crippen LogP contribution in [0.25, 0.3) is 0 Å². The Labute approximate surface area is 113 Å². The molecule has 0 bridgehead atoms. The van der Waals surface area contributed by atoms with Crippen LogP contribution in [0.4, 0.5) is 13.2 Å². The Bertz CT molecular complexity index is 351. The first-order valence-corrected chi connectivity index (χ1v) is 6.92. The van der Waals surface area contributed by atoms with Crippen LogP contribution in [0.1, 0.15) is 24.4 Å². The van der Waals surface area contributed by atoms with Gasteiger partial charge in [-0.1, -0.05) is 0 Å². The van der Waals surface area contributed by atoms with Crippen LogP contribution >= 0.6 is 43.2 Å². The van der Waals surface area contributed by atoms with Crippen LogP contribution in [0.3, 0.4) is 0 Å². The summed E-state index contributed by atoms with van der Waals surface area (Å²) in [6.45, 7) is 0. The minimum Gasteiger partial charge on any atom is -0.313 e. The fourth-order valence-corrected chi connectivity index (χ4v) is 4.33. The second-order valence-corrected chi connectivity index (χ2v) is 7.02. The molecular formula is C9H10Br2F3NS. The molecule has 1 aromatic heterocycles. The summed E-state index contributed by atoms with van der Waals surface area (Å²) in [4.78, 5) is 0. The van der Waals surface area contributed by atoms with Gasteiger partial charge in [-0.2, -0.15) is 13.2 Å². The van der Waals surface area contributed by atoms with Crippen molar-refractivity contribution >= 4 is 43.2 Å². The van der Waals surface area contributed by atoms with Gasteiger partial charge in [-0.15, -0.1) is 11.3 Å². The van der Waals surface area contributed by atoms with Gasteiger partial charge in [-0.3, -0.25) is 0 Å². The van der Waals surface area contributed by atoms with Gasteiger partial charge in [0.2, 0.25) is 0 Å². The Morgan fingerprint density at radius 3 is 2.44 bits per heavy atom. The lowest BCUT2D eigenvalue weighted by atomic mass is 10.1. The van der Waals surface area contributed by atoms with Crippen LogP contribution in [0.2, 0.25) is 0 Å². The van der Waals surface area contributed by atoms with Crippen LogP contribution < -0.4 is 5.32 Å². The summed E-state index contributed by atoms with van der Waals surface area (Å²) in [6.07, 6.45) is -4.84. The zero-order valence-electron chi connectivity index (χ0n) is 8.37. The number of hydrogen-bond donors (Lipinski definition) is 1. The first-order valence-electron chi connectivity index (χ1n) is 4.52. The Balaban J connectivity index is 2.71. The largest absolute Gasteiger partial charge is 0.389 e. The first kappa shape index (κ1) is 14.5. The van der Waals surface area contributed by atoms with Gasteiger partial charge in [0.25, 0.3) is 0 Å². The van der Waals surface area contributed by atoms with E-state index in [1.54, 1.807) is 7.05 Å². The average Bonchev–Trinajstić information content (AvgIpc) is 2.45. The van der Waals surface area contributed by atoms with E-state index in [0.717, 1.165) is 13.1 Å². The Morgan fingerprint density at radius 2 is 2.06 bits per heavy atom. The van der Waals surface area contributed by atoms with Crippen molar-refractivity contribution < 1.29 is 13.2 Å². The lowest BCUT2D eigenvalue weighted by Crippen LogP contribution is -2.19. The minimum absolute atomic E-state index is 0.0434. The molecule has 0 amide bonds. The molecule has 1 unspecified atom stereocenters. The third-order valence-corrected chi connectivity index (χ3v) is 4.51. The van der Waals surface area contributed by atoms with Crippen molar-refractivity contribution in [2.75, 3.05) is 7.05 Å². The molecular weight excluding hydrogens is 371 g/mol. The molecule has 0 saturated heterocycles. The van der Waals surface area contributed by atoms with Gasteiger partial charge >= 0.3 is 6.18 Å². The summed E-state index contributed by atoms with van der Waals surface area (Å²) in [5.74, 6) is 0. The summed E-state index contributed by atoms with van der Waals surface area (Å²) < 4.78 is 38.1. The van der Waals surface area contributed by atoms with Crippen molar-refractivity contribution in [2.45, 2.75) is 25.1 Å². The number of alkyl halides is 3. The molecule has 0 aliphatic carbocycles. The first-order chi connectivity index (χ1) is 7.33. The molecule has 0 fully saturated rings. The number of hydrogen-bond acceptors (Lipinski definition) is 2. The zero-order chi connectivity index (χ0) is 12.3. The second kappa shape index (κ2) is 5.84. The highest BCUT2D eigenvalue weighted by atomic mass is 79.9. The van der Waals surface area contributed by atoms with Crippen molar-refractivity contribution in [3.05, 3.63) is 19.2 Å². The zero-order valence-corrected chi connectivity index (χ0v) is 12.4. The summed E-state index contributed by atoms with van der Waals surface area (Å²) in [5.41, 5.74) is 0.864. The topological polar surface area (TPSA) is 12.0 Å². The van der Waals surface area contributed by atoms with Crippen molar-refractivity contribution in [2.24, 2.45) is 0 Å². The summed E-state index contributed by atoms with van der Waals surface area (Å²) in [7, 11) is 1.67. The molecule has 1 rings (SSSR count). The Hall–Kier alpha value is 0.410. The molecule has 0 aromatic carbocycles. The molecule has 1 atom stereocenters. The Morgan fingerprint density at radius 1 is 1.44 bits per heavy atom. The molecule has 1 N–H and O–H groups in total. The highest BCUT2D eigenvalue weighted by molar-refractivity contribution is 9.12.